The number of ether oxygens (including phenoxy) is 2. The molecule has 1 atom stereocenters. The fourth-order valence-corrected chi connectivity index (χ4v) is 4.00. The van der Waals surface area contributed by atoms with E-state index in [1.807, 2.05) is 45.0 Å². The number of carbonyl (C=O) groups excluding carboxylic acids is 2. The van der Waals surface area contributed by atoms with Crippen LogP contribution in [0.1, 0.15) is 57.1 Å². The molecular formula is C26H35N3O4. The van der Waals surface area contributed by atoms with Crippen LogP contribution in [0.4, 0.5) is 9.59 Å². The number of hydrogen-bond donors (Lipinski definition) is 3. The van der Waals surface area contributed by atoms with Gasteiger partial charge >= 0.3 is 12.2 Å². The third-order valence-corrected chi connectivity index (χ3v) is 5.52. The molecule has 1 aliphatic carbocycles. The molecule has 3 rings (SSSR count). The highest BCUT2D eigenvalue weighted by Gasteiger charge is 2.29. The van der Waals surface area contributed by atoms with Crippen LogP contribution in [0.15, 0.2) is 48.5 Å². The Hall–Kier alpha value is -3.06. The van der Waals surface area contributed by atoms with Gasteiger partial charge in [-0.05, 0) is 55.9 Å². The summed E-state index contributed by atoms with van der Waals surface area (Å²) in [6.07, 6.45) is 1.49. The number of nitrogens with two attached hydrogens (primary N) is 1. The van der Waals surface area contributed by atoms with Gasteiger partial charge < -0.3 is 25.8 Å². The van der Waals surface area contributed by atoms with Gasteiger partial charge in [-0.15, -0.1) is 0 Å². The average molecular weight is 454 g/mol. The highest BCUT2D eigenvalue weighted by atomic mass is 16.6. The molecule has 0 saturated heterocycles. The van der Waals surface area contributed by atoms with E-state index in [-0.39, 0.29) is 18.6 Å². The van der Waals surface area contributed by atoms with Crippen molar-refractivity contribution in [3.8, 4) is 11.1 Å². The first-order chi connectivity index (χ1) is 15.7. The monoisotopic (exact) mass is 453 g/mol. The fraction of sp³-hybridized carbons (Fsp3) is 0.462. The number of fused-ring (bicyclic) bond motifs is 3. The Kier molecular flexibility index (Phi) is 8.33. The lowest BCUT2D eigenvalue weighted by Crippen LogP contribution is -2.38. The number of rotatable bonds is 9. The second-order valence-corrected chi connectivity index (χ2v) is 9.39. The summed E-state index contributed by atoms with van der Waals surface area (Å²) < 4.78 is 10.7. The molecule has 0 aromatic heterocycles. The topological polar surface area (TPSA) is 103 Å². The minimum atomic E-state index is -0.503. The predicted molar refractivity (Wildman–Crippen MR) is 129 cm³/mol. The highest BCUT2D eigenvalue weighted by molar-refractivity contribution is 5.79. The molecular weight excluding hydrogens is 418 g/mol. The summed E-state index contributed by atoms with van der Waals surface area (Å²) in [7, 11) is 0. The summed E-state index contributed by atoms with van der Waals surface area (Å²) in [5.41, 5.74) is 10.4. The summed E-state index contributed by atoms with van der Waals surface area (Å²) in [6, 6.07) is 16.3. The van der Waals surface area contributed by atoms with Crippen LogP contribution >= 0.6 is 0 Å². The number of benzene rings is 2. The van der Waals surface area contributed by atoms with Gasteiger partial charge in [0.1, 0.15) is 12.2 Å². The van der Waals surface area contributed by atoms with Crippen molar-refractivity contribution in [2.24, 2.45) is 5.73 Å². The maximum absolute atomic E-state index is 12.2. The van der Waals surface area contributed by atoms with Gasteiger partial charge in [-0.3, -0.25) is 0 Å². The molecule has 0 fully saturated rings. The van der Waals surface area contributed by atoms with E-state index in [1.165, 1.54) is 22.3 Å². The lowest BCUT2D eigenvalue weighted by atomic mass is 9.98. The average Bonchev–Trinajstić information content (AvgIpc) is 3.08. The Morgan fingerprint density at radius 3 is 2.15 bits per heavy atom. The van der Waals surface area contributed by atoms with Crippen LogP contribution in [0.3, 0.4) is 0 Å². The minimum absolute atomic E-state index is 0.0364. The normalized spacial score (nSPS) is 13.6. The van der Waals surface area contributed by atoms with E-state index in [0.29, 0.717) is 13.1 Å². The standard InChI is InChI=1S/C26H35N3O4/c1-26(2,3)33-25(31)28-15-9-8-10-18(27)16-29-24(30)32-17-23-21-13-6-4-11-19(21)20-12-5-7-14-22(20)23/h4-7,11-14,18,23H,8-10,15-17,27H2,1-3H3,(H,28,31)(H,29,30)/t18-/m0/s1. The quantitative estimate of drug-likeness (QED) is 0.484. The highest BCUT2D eigenvalue weighted by Crippen LogP contribution is 2.44. The van der Waals surface area contributed by atoms with Gasteiger partial charge in [0.25, 0.3) is 0 Å². The first-order valence-electron chi connectivity index (χ1n) is 11.6. The Balaban J connectivity index is 1.34. The second-order valence-electron chi connectivity index (χ2n) is 9.39. The van der Waals surface area contributed by atoms with E-state index in [4.69, 9.17) is 15.2 Å². The van der Waals surface area contributed by atoms with Gasteiger partial charge in [-0.25, -0.2) is 9.59 Å². The molecule has 7 nitrogen and oxygen atoms in total. The van der Waals surface area contributed by atoms with Gasteiger partial charge in [0.15, 0.2) is 0 Å². The van der Waals surface area contributed by atoms with Gasteiger partial charge in [-0.2, -0.15) is 0 Å². The van der Waals surface area contributed by atoms with E-state index in [0.717, 1.165) is 19.3 Å². The Morgan fingerprint density at radius 1 is 0.939 bits per heavy atom. The van der Waals surface area contributed by atoms with Crippen molar-refractivity contribution in [2.75, 3.05) is 19.7 Å². The molecule has 7 heteroatoms. The smallest absolute Gasteiger partial charge is 0.407 e. The zero-order valence-corrected chi connectivity index (χ0v) is 19.7. The number of nitrogens with one attached hydrogen (secondary N) is 2. The molecule has 0 bridgehead atoms. The number of hydrogen-bond acceptors (Lipinski definition) is 5. The molecule has 1 aliphatic rings. The molecule has 2 aromatic carbocycles. The van der Waals surface area contributed by atoms with Gasteiger partial charge in [0, 0.05) is 25.0 Å². The number of amides is 2. The Morgan fingerprint density at radius 2 is 1.55 bits per heavy atom. The second kappa shape index (κ2) is 11.2. The van der Waals surface area contributed by atoms with E-state index >= 15 is 0 Å². The van der Waals surface area contributed by atoms with Crippen LogP contribution in [0.5, 0.6) is 0 Å². The molecule has 0 spiro atoms. The van der Waals surface area contributed by atoms with Crippen LogP contribution in [0.2, 0.25) is 0 Å². The van der Waals surface area contributed by atoms with Crippen LogP contribution < -0.4 is 16.4 Å². The zero-order chi connectivity index (χ0) is 23.8. The molecule has 4 N–H and O–H groups in total. The van der Waals surface area contributed by atoms with Crippen molar-refractivity contribution in [2.45, 2.75) is 57.6 Å². The fourth-order valence-electron chi connectivity index (χ4n) is 4.00. The van der Waals surface area contributed by atoms with Gasteiger partial charge in [0.05, 0.1) is 0 Å². The molecule has 0 radical (unpaired) electrons. The Labute approximate surface area is 196 Å². The lowest BCUT2D eigenvalue weighted by Gasteiger charge is -2.19. The number of unbranched alkanes of at least 4 members (excludes halogenated alkanes) is 1. The molecule has 0 saturated carbocycles. The SMILES string of the molecule is CC(C)(C)OC(=O)NCCCC[C@H](N)CNC(=O)OCC1c2ccccc2-c2ccccc21. The molecule has 2 amide bonds. The van der Waals surface area contributed by atoms with Crippen LogP contribution in [0, 0.1) is 0 Å². The Bertz CT molecular complexity index is 909. The zero-order valence-electron chi connectivity index (χ0n) is 19.7. The maximum Gasteiger partial charge on any atom is 0.407 e. The van der Waals surface area contributed by atoms with Crippen LogP contribution in [-0.2, 0) is 9.47 Å². The predicted octanol–water partition coefficient (Wildman–Crippen LogP) is 4.55. The third kappa shape index (κ3) is 7.22. The van der Waals surface area contributed by atoms with Crippen molar-refractivity contribution < 1.29 is 19.1 Å². The van der Waals surface area contributed by atoms with Gasteiger partial charge in [-0.1, -0.05) is 55.0 Å². The number of carbonyl (C=O) groups is 2. The van der Waals surface area contributed by atoms with Crippen molar-refractivity contribution in [1.29, 1.82) is 0 Å². The number of alkyl carbamates (subject to hydrolysis) is 2. The molecule has 0 heterocycles. The largest absolute Gasteiger partial charge is 0.449 e. The van der Waals surface area contributed by atoms with E-state index in [2.05, 4.69) is 34.9 Å². The van der Waals surface area contributed by atoms with Crippen molar-refractivity contribution in [1.82, 2.24) is 10.6 Å². The van der Waals surface area contributed by atoms with Crippen LogP contribution in [0.25, 0.3) is 11.1 Å². The van der Waals surface area contributed by atoms with Crippen molar-refractivity contribution >= 4 is 12.2 Å². The minimum Gasteiger partial charge on any atom is -0.449 e. The summed E-state index contributed by atoms with van der Waals surface area (Å²) in [5.74, 6) is 0.0364. The van der Waals surface area contributed by atoms with Crippen LogP contribution in [-0.4, -0.2) is 43.5 Å². The molecule has 0 unspecified atom stereocenters. The first kappa shape index (κ1) is 24.6. The first-order valence-corrected chi connectivity index (χ1v) is 11.6. The lowest BCUT2D eigenvalue weighted by molar-refractivity contribution is 0.0526. The van der Waals surface area contributed by atoms with Gasteiger partial charge in [0.2, 0.25) is 0 Å². The van der Waals surface area contributed by atoms with E-state index in [9.17, 15) is 9.59 Å². The van der Waals surface area contributed by atoms with Crippen molar-refractivity contribution in [3.05, 3.63) is 59.7 Å². The third-order valence-electron chi connectivity index (χ3n) is 5.52. The maximum atomic E-state index is 12.2. The summed E-state index contributed by atoms with van der Waals surface area (Å²) in [6.45, 7) is 6.64. The molecule has 33 heavy (non-hydrogen) atoms. The van der Waals surface area contributed by atoms with E-state index < -0.39 is 17.8 Å². The molecule has 178 valence electrons. The summed E-state index contributed by atoms with van der Waals surface area (Å²) in [5, 5.41) is 5.49. The van der Waals surface area contributed by atoms with E-state index in [1.54, 1.807) is 0 Å². The summed E-state index contributed by atoms with van der Waals surface area (Å²) in [4.78, 5) is 23.9. The molecule has 0 aliphatic heterocycles. The summed E-state index contributed by atoms with van der Waals surface area (Å²) >= 11 is 0. The molecule has 2 aromatic rings. The van der Waals surface area contributed by atoms with Crippen molar-refractivity contribution in [3.63, 3.8) is 0 Å².